The van der Waals surface area contributed by atoms with Crippen molar-refractivity contribution in [1.29, 1.82) is 0 Å². The van der Waals surface area contributed by atoms with Crippen LogP contribution in [0.4, 0.5) is 11.4 Å². The molecule has 3 rings (SSSR count). The maximum atomic E-state index is 12.0. The molecular formula is C19H18N2O6. The van der Waals surface area contributed by atoms with E-state index in [4.69, 9.17) is 13.9 Å². The molecule has 0 bridgehead atoms. The van der Waals surface area contributed by atoms with Crippen LogP contribution in [0.25, 0.3) is 0 Å². The second-order valence-electron chi connectivity index (χ2n) is 6.32. The van der Waals surface area contributed by atoms with Crippen molar-refractivity contribution in [3.63, 3.8) is 0 Å². The predicted molar refractivity (Wildman–Crippen MR) is 95.8 cm³/mol. The summed E-state index contributed by atoms with van der Waals surface area (Å²) in [6.45, 7) is 4.71. The summed E-state index contributed by atoms with van der Waals surface area (Å²) in [4.78, 5) is 35.8. The van der Waals surface area contributed by atoms with E-state index in [-0.39, 0.29) is 17.2 Å². The zero-order valence-corrected chi connectivity index (χ0v) is 15.0. The normalized spacial score (nSPS) is 15.6. The lowest BCUT2D eigenvalue weighted by Gasteiger charge is -2.29. The van der Waals surface area contributed by atoms with E-state index < -0.39 is 17.7 Å². The molecule has 0 atom stereocenters. The number of anilines is 2. The van der Waals surface area contributed by atoms with Gasteiger partial charge in [-0.05, 0) is 43.3 Å². The molecule has 2 heterocycles. The monoisotopic (exact) mass is 370 g/mol. The third-order valence-corrected chi connectivity index (χ3v) is 3.61. The Labute approximate surface area is 155 Å². The van der Waals surface area contributed by atoms with E-state index in [0.717, 1.165) is 0 Å². The van der Waals surface area contributed by atoms with Crippen molar-refractivity contribution in [2.24, 2.45) is 0 Å². The van der Waals surface area contributed by atoms with Gasteiger partial charge < -0.3 is 24.5 Å². The van der Waals surface area contributed by atoms with Gasteiger partial charge in [0.1, 0.15) is 5.76 Å². The first-order chi connectivity index (χ1) is 12.7. The fourth-order valence-corrected chi connectivity index (χ4v) is 2.33. The Morgan fingerprint density at radius 2 is 1.56 bits per heavy atom. The maximum Gasteiger partial charge on any atom is 0.350 e. The van der Waals surface area contributed by atoms with Gasteiger partial charge in [0, 0.05) is 31.4 Å². The Morgan fingerprint density at radius 3 is 2.11 bits per heavy atom. The second kappa shape index (κ2) is 6.99. The van der Waals surface area contributed by atoms with Gasteiger partial charge in [-0.3, -0.25) is 4.79 Å². The van der Waals surface area contributed by atoms with Crippen LogP contribution in [0.15, 0.2) is 52.6 Å². The Morgan fingerprint density at radius 1 is 0.963 bits per heavy atom. The number of rotatable bonds is 4. The van der Waals surface area contributed by atoms with Gasteiger partial charge in [0.25, 0.3) is 11.7 Å². The highest BCUT2D eigenvalue weighted by Gasteiger charge is 2.38. The molecule has 0 aliphatic carbocycles. The molecule has 2 aromatic rings. The van der Waals surface area contributed by atoms with E-state index in [2.05, 4.69) is 10.6 Å². The fraction of sp³-hybridized carbons (Fsp3) is 0.211. The Kier molecular flexibility index (Phi) is 4.72. The molecule has 0 radical (unpaired) electrons. The van der Waals surface area contributed by atoms with Crippen molar-refractivity contribution in [2.45, 2.75) is 26.6 Å². The molecular weight excluding hydrogens is 352 g/mol. The number of hydrogen-bond donors (Lipinski definition) is 2. The molecule has 0 spiro atoms. The summed E-state index contributed by atoms with van der Waals surface area (Å²) in [6.07, 6.45) is 1.22. The lowest BCUT2D eigenvalue weighted by molar-refractivity contribution is -0.222. The molecule has 1 aromatic heterocycles. The van der Waals surface area contributed by atoms with Gasteiger partial charge in [-0.2, -0.15) is 0 Å². The van der Waals surface area contributed by atoms with Crippen LogP contribution in [0, 0.1) is 6.92 Å². The summed E-state index contributed by atoms with van der Waals surface area (Å²) < 4.78 is 15.3. The Hall–Kier alpha value is -3.55. The summed E-state index contributed by atoms with van der Waals surface area (Å²) in [7, 11) is 0. The number of carbonyl (C=O) groups excluding carboxylic acids is 3. The largest absolute Gasteiger partial charge is 0.456 e. The van der Waals surface area contributed by atoms with Gasteiger partial charge in [-0.25, -0.2) is 9.59 Å². The van der Waals surface area contributed by atoms with Crippen molar-refractivity contribution < 1.29 is 28.3 Å². The van der Waals surface area contributed by atoms with E-state index in [1.165, 1.54) is 20.0 Å². The van der Waals surface area contributed by atoms with Crippen molar-refractivity contribution in [3.05, 3.63) is 59.7 Å². The lowest BCUT2D eigenvalue weighted by Crippen LogP contribution is -2.42. The van der Waals surface area contributed by atoms with E-state index in [9.17, 15) is 14.4 Å². The minimum Gasteiger partial charge on any atom is -0.456 e. The molecule has 1 amide bonds. The number of cyclic esters (lactones) is 2. The number of hydrogen-bond acceptors (Lipinski definition) is 7. The third kappa shape index (κ3) is 4.35. The summed E-state index contributed by atoms with van der Waals surface area (Å²) in [6, 6.07) is 9.96. The van der Waals surface area contributed by atoms with Crippen LogP contribution in [0.5, 0.6) is 0 Å². The van der Waals surface area contributed by atoms with Gasteiger partial charge in [0.2, 0.25) is 0 Å². The standard InChI is InChI=1S/C19H18N2O6/c1-11-4-9-15(25-11)16(22)21-13-7-5-12(6-8-13)20-10-14-17(23)26-19(2,3)27-18(14)24/h4-10,20H,1-3H3,(H,21,22). The molecule has 2 N–H and O–H groups in total. The van der Waals surface area contributed by atoms with Gasteiger partial charge >= 0.3 is 11.9 Å². The van der Waals surface area contributed by atoms with Crippen molar-refractivity contribution >= 4 is 29.2 Å². The van der Waals surface area contributed by atoms with Gasteiger partial charge in [0.15, 0.2) is 11.3 Å². The lowest BCUT2D eigenvalue weighted by atomic mass is 10.2. The molecule has 1 fully saturated rings. The van der Waals surface area contributed by atoms with Crippen molar-refractivity contribution in [3.8, 4) is 0 Å². The fourth-order valence-electron chi connectivity index (χ4n) is 2.33. The number of ether oxygens (including phenoxy) is 2. The van der Waals surface area contributed by atoms with E-state index >= 15 is 0 Å². The molecule has 1 aromatic carbocycles. The van der Waals surface area contributed by atoms with Gasteiger partial charge in [-0.1, -0.05) is 0 Å². The summed E-state index contributed by atoms with van der Waals surface area (Å²) in [5.41, 5.74) is 0.921. The van der Waals surface area contributed by atoms with E-state index in [1.807, 2.05) is 0 Å². The number of amides is 1. The molecule has 8 heteroatoms. The molecule has 8 nitrogen and oxygen atoms in total. The Balaban J connectivity index is 1.63. The SMILES string of the molecule is Cc1ccc(C(=O)Nc2ccc(NC=C3C(=O)OC(C)(C)OC3=O)cc2)o1. The highest BCUT2D eigenvalue weighted by atomic mass is 16.7. The molecule has 0 saturated carbocycles. The first-order valence-corrected chi connectivity index (χ1v) is 8.15. The number of carbonyl (C=O) groups is 3. The summed E-state index contributed by atoms with van der Waals surface area (Å²) in [5, 5.41) is 5.53. The minimum atomic E-state index is -1.28. The molecule has 140 valence electrons. The first kappa shape index (κ1) is 18.2. The topological polar surface area (TPSA) is 107 Å². The number of benzene rings is 1. The quantitative estimate of drug-likeness (QED) is 0.484. The van der Waals surface area contributed by atoms with Gasteiger partial charge in [-0.15, -0.1) is 0 Å². The molecule has 0 unspecified atom stereocenters. The highest BCUT2D eigenvalue weighted by molar-refractivity contribution is 6.15. The molecule has 27 heavy (non-hydrogen) atoms. The van der Waals surface area contributed by atoms with Crippen LogP contribution in [0.3, 0.4) is 0 Å². The van der Waals surface area contributed by atoms with Crippen LogP contribution in [0.1, 0.15) is 30.2 Å². The summed E-state index contributed by atoms with van der Waals surface area (Å²) >= 11 is 0. The van der Waals surface area contributed by atoms with Gasteiger partial charge in [0.05, 0.1) is 0 Å². The van der Waals surface area contributed by atoms with Crippen LogP contribution >= 0.6 is 0 Å². The van der Waals surface area contributed by atoms with Crippen LogP contribution < -0.4 is 10.6 Å². The third-order valence-electron chi connectivity index (χ3n) is 3.61. The van der Waals surface area contributed by atoms with Crippen LogP contribution in [-0.4, -0.2) is 23.6 Å². The Bertz CT molecular complexity index is 902. The van der Waals surface area contributed by atoms with Crippen molar-refractivity contribution in [1.82, 2.24) is 0 Å². The number of furan rings is 1. The van der Waals surface area contributed by atoms with Crippen LogP contribution in [0.2, 0.25) is 0 Å². The van der Waals surface area contributed by atoms with E-state index in [1.54, 1.807) is 43.3 Å². The first-order valence-electron chi connectivity index (χ1n) is 8.15. The number of esters is 2. The zero-order chi connectivity index (χ0) is 19.6. The average Bonchev–Trinajstić information content (AvgIpc) is 3.01. The molecule has 1 saturated heterocycles. The average molecular weight is 370 g/mol. The number of nitrogens with one attached hydrogen (secondary N) is 2. The highest BCUT2D eigenvalue weighted by Crippen LogP contribution is 2.23. The van der Waals surface area contributed by atoms with Crippen molar-refractivity contribution in [2.75, 3.05) is 10.6 Å². The smallest absolute Gasteiger partial charge is 0.350 e. The zero-order valence-electron chi connectivity index (χ0n) is 15.0. The molecule has 1 aliphatic rings. The minimum absolute atomic E-state index is 0.219. The predicted octanol–water partition coefficient (Wildman–Crippen LogP) is 2.97. The van der Waals surface area contributed by atoms with E-state index in [0.29, 0.717) is 17.1 Å². The summed E-state index contributed by atoms with van der Waals surface area (Å²) in [5.74, 6) is -2.30. The number of aryl methyl sites for hydroxylation is 1. The second-order valence-corrected chi connectivity index (χ2v) is 6.32. The maximum absolute atomic E-state index is 12.0. The van der Waals surface area contributed by atoms with Crippen LogP contribution in [-0.2, 0) is 19.1 Å². The molecule has 1 aliphatic heterocycles.